The molecule has 0 radical (unpaired) electrons. The molecule has 4 atom stereocenters. The summed E-state index contributed by atoms with van der Waals surface area (Å²) in [7, 11) is 0. The Morgan fingerprint density at radius 2 is 1.57 bits per heavy atom. The Labute approximate surface area is 133 Å². The van der Waals surface area contributed by atoms with Gasteiger partial charge >= 0.3 is 23.9 Å². The second kappa shape index (κ2) is 8.47. The highest BCUT2D eigenvalue weighted by Gasteiger charge is 2.44. The van der Waals surface area contributed by atoms with E-state index < -0.39 is 48.5 Å². The molecule has 0 spiro atoms. The van der Waals surface area contributed by atoms with E-state index in [0.717, 1.165) is 0 Å². The van der Waals surface area contributed by atoms with Gasteiger partial charge in [-0.2, -0.15) is 0 Å². The van der Waals surface area contributed by atoms with Crippen LogP contribution < -0.4 is 0 Å². The zero-order valence-electron chi connectivity index (χ0n) is 13.4. The molecule has 1 fully saturated rings. The fourth-order valence-electron chi connectivity index (χ4n) is 2.11. The molecular formula is C14H20O9. The second-order valence-electron chi connectivity index (χ2n) is 4.99. The molecule has 0 aliphatic carbocycles. The largest absolute Gasteiger partial charge is 0.462 e. The molecule has 0 aromatic carbocycles. The third-order valence-corrected chi connectivity index (χ3v) is 2.86. The summed E-state index contributed by atoms with van der Waals surface area (Å²) in [5.74, 6) is -2.32. The normalized spacial score (nSPS) is 24.4. The van der Waals surface area contributed by atoms with E-state index in [0.29, 0.717) is 0 Å². The summed E-state index contributed by atoms with van der Waals surface area (Å²) in [6.45, 7) is 4.58. The maximum atomic E-state index is 11.2. The van der Waals surface area contributed by atoms with Crippen LogP contribution >= 0.6 is 0 Å². The second-order valence-corrected chi connectivity index (χ2v) is 4.99. The molecule has 0 bridgehead atoms. The first-order valence-electron chi connectivity index (χ1n) is 6.99. The molecule has 0 saturated carbocycles. The first-order valence-corrected chi connectivity index (χ1v) is 6.99. The summed E-state index contributed by atoms with van der Waals surface area (Å²) in [6.07, 6.45) is -3.49. The van der Waals surface area contributed by atoms with E-state index in [2.05, 4.69) is 0 Å². The minimum Gasteiger partial charge on any atom is -0.462 e. The maximum Gasteiger partial charge on any atom is 0.305 e. The van der Waals surface area contributed by atoms with E-state index in [4.69, 9.17) is 23.7 Å². The van der Waals surface area contributed by atoms with Crippen LogP contribution in [-0.2, 0) is 42.9 Å². The summed E-state index contributed by atoms with van der Waals surface area (Å²) >= 11 is 0. The number of rotatable bonds is 6. The standard InChI is InChI=1S/C14H20O9/c1-7(15)19-6-13(21-9(3)17)11-5-12(20-8(2)16)14(23-11)22-10(4)18/h11-14H,5-6H2,1-4H3/t11-,12+,13-,14+/m0/s1. The van der Waals surface area contributed by atoms with Gasteiger partial charge in [-0.15, -0.1) is 0 Å². The monoisotopic (exact) mass is 332 g/mol. The average molecular weight is 332 g/mol. The Morgan fingerprint density at radius 3 is 2.04 bits per heavy atom. The minimum absolute atomic E-state index is 0.122. The third kappa shape index (κ3) is 6.64. The van der Waals surface area contributed by atoms with Crippen molar-refractivity contribution >= 4 is 23.9 Å². The molecule has 1 rings (SSSR count). The van der Waals surface area contributed by atoms with Crippen LogP contribution in [0.4, 0.5) is 0 Å². The molecule has 1 aliphatic rings. The van der Waals surface area contributed by atoms with Crippen LogP contribution in [0.1, 0.15) is 34.1 Å². The van der Waals surface area contributed by atoms with Gasteiger partial charge in [-0.3, -0.25) is 19.2 Å². The van der Waals surface area contributed by atoms with Crippen molar-refractivity contribution in [2.75, 3.05) is 6.61 Å². The van der Waals surface area contributed by atoms with Gasteiger partial charge in [0.1, 0.15) is 12.7 Å². The summed E-state index contributed by atoms with van der Waals surface area (Å²) in [6, 6.07) is 0. The molecule has 130 valence electrons. The Hall–Kier alpha value is -2.16. The highest BCUT2D eigenvalue weighted by Crippen LogP contribution is 2.28. The molecule has 9 nitrogen and oxygen atoms in total. The number of esters is 4. The lowest BCUT2D eigenvalue weighted by Gasteiger charge is -2.22. The van der Waals surface area contributed by atoms with Gasteiger partial charge in [0.25, 0.3) is 0 Å². The van der Waals surface area contributed by atoms with E-state index in [9.17, 15) is 19.2 Å². The van der Waals surface area contributed by atoms with Gasteiger partial charge in [0.05, 0.1) is 0 Å². The van der Waals surface area contributed by atoms with Crippen molar-refractivity contribution < 1.29 is 42.9 Å². The zero-order valence-corrected chi connectivity index (χ0v) is 13.4. The van der Waals surface area contributed by atoms with Crippen molar-refractivity contribution in [1.82, 2.24) is 0 Å². The van der Waals surface area contributed by atoms with Crippen LogP contribution in [0.25, 0.3) is 0 Å². The van der Waals surface area contributed by atoms with Crippen LogP contribution in [0.2, 0.25) is 0 Å². The van der Waals surface area contributed by atoms with Crippen LogP contribution in [0, 0.1) is 0 Å². The van der Waals surface area contributed by atoms with Gasteiger partial charge in [0, 0.05) is 34.1 Å². The number of carbonyl (C=O) groups is 4. The molecule has 0 aromatic heterocycles. The predicted octanol–water partition coefficient (Wildman–Crippen LogP) is 0.0910. The molecule has 0 amide bonds. The highest BCUT2D eigenvalue weighted by atomic mass is 16.7. The maximum absolute atomic E-state index is 11.2. The summed E-state index contributed by atoms with van der Waals surface area (Å²) in [5, 5.41) is 0. The van der Waals surface area contributed by atoms with Crippen molar-refractivity contribution in [3.8, 4) is 0 Å². The summed E-state index contributed by atoms with van der Waals surface area (Å²) in [5.41, 5.74) is 0. The molecular weight excluding hydrogens is 312 g/mol. The molecule has 23 heavy (non-hydrogen) atoms. The van der Waals surface area contributed by atoms with Crippen molar-refractivity contribution in [2.45, 2.75) is 58.7 Å². The molecule has 1 saturated heterocycles. The van der Waals surface area contributed by atoms with Gasteiger partial charge in [0.15, 0.2) is 12.2 Å². The Bertz CT molecular complexity index is 449. The van der Waals surface area contributed by atoms with Gasteiger partial charge in [-0.05, 0) is 0 Å². The lowest BCUT2D eigenvalue weighted by atomic mass is 10.1. The van der Waals surface area contributed by atoms with Crippen molar-refractivity contribution in [1.29, 1.82) is 0 Å². The topological polar surface area (TPSA) is 114 Å². The quantitative estimate of drug-likeness (QED) is 0.493. The van der Waals surface area contributed by atoms with Crippen molar-refractivity contribution in [2.24, 2.45) is 0 Å². The number of ether oxygens (including phenoxy) is 5. The van der Waals surface area contributed by atoms with E-state index in [-0.39, 0.29) is 13.0 Å². The number of hydrogen-bond acceptors (Lipinski definition) is 9. The van der Waals surface area contributed by atoms with Crippen LogP contribution in [0.15, 0.2) is 0 Å². The van der Waals surface area contributed by atoms with E-state index in [1.54, 1.807) is 0 Å². The van der Waals surface area contributed by atoms with Crippen LogP contribution in [0.5, 0.6) is 0 Å². The average Bonchev–Trinajstić information content (AvgIpc) is 2.75. The first kappa shape index (κ1) is 18.9. The zero-order chi connectivity index (χ0) is 17.6. The SMILES string of the molecule is CC(=O)OC[C@H](OC(C)=O)[C@@H]1C[C@@H](OC(C)=O)[C@H](OC(C)=O)O1. The van der Waals surface area contributed by atoms with Gasteiger partial charge in [-0.1, -0.05) is 0 Å². The fourth-order valence-corrected chi connectivity index (χ4v) is 2.11. The lowest BCUT2D eigenvalue weighted by molar-refractivity contribution is -0.203. The van der Waals surface area contributed by atoms with Gasteiger partial charge in [-0.25, -0.2) is 0 Å². The van der Waals surface area contributed by atoms with E-state index >= 15 is 0 Å². The molecule has 1 aliphatic heterocycles. The van der Waals surface area contributed by atoms with Gasteiger partial charge in [0.2, 0.25) is 6.29 Å². The van der Waals surface area contributed by atoms with E-state index in [1.165, 1.54) is 27.7 Å². The van der Waals surface area contributed by atoms with Crippen LogP contribution in [-0.4, -0.2) is 55.1 Å². The van der Waals surface area contributed by atoms with E-state index in [1.807, 2.05) is 0 Å². The summed E-state index contributed by atoms with van der Waals surface area (Å²) in [4.78, 5) is 44.3. The first-order chi connectivity index (χ1) is 10.7. The molecule has 0 N–H and O–H groups in total. The highest BCUT2D eigenvalue weighted by molar-refractivity contribution is 5.68. The Balaban J connectivity index is 2.80. The number of carbonyl (C=O) groups excluding carboxylic acids is 4. The fraction of sp³-hybridized carbons (Fsp3) is 0.714. The Kier molecular flexibility index (Phi) is 6.95. The third-order valence-electron chi connectivity index (χ3n) is 2.86. The van der Waals surface area contributed by atoms with Crippen LogP contribution in [0.3, 0.4) is 0 Å². The predicted molar refractivity (Wildman–Crippen MR) is 72.8 cm³/mol. The molecule has 1 heterocycles. The minimum atomic E-state index is -1.11. The van der Waals surface area contributed by atoms with Crippen molar-refractivity contribution in [3.05, 3.63) is 0 Å². The molecule has 9 heteroatoms. The van der Waals surface area contributed by atoms with Gasteiger partial charge < -0.3 is 23.7 Å². The smallest absolute Gasteiger partial charge is 0.305 e. The molecule has 0 unspecified atom stereocenters. The molecule has 0 aromatic rings. The lowest BCUT2D eigenvalue weighted by Crippen LogP contribution is -2.36. The summed E-state index contributed by atoms with van der Waals surface area (Å²) < 4.78 is 25.4. The number of hydrogen-bond donors (Lipinski definition) is 0. The van der Waals surface area contributed by atoms with Crippen molar-refractivity contribution in [3.63, 3.8) is 0 Å². The Morgan fingerprint density at radius 1 is 0.957 bits per heavy atom.